The lowest BCUT2D eigenvalue weighted by molar-refractivity contribution is -0.894. The van der Waals surface area contributed by atoms with Crippen LogP contribution in [-0.4, -0.2) is 33.2 Å². The van der Waals surface area contributed by atoms with Crippen LogP contribution < -0.4 is 15.0 Å². The normalized spacial score (nSPS) is 11.8. The SMILES string of the molecule is CNC(=O)c1ccc(C[NH+](C)CCCOc2cc(C)ccc2C)cc1. The highest BCUT2D eigenvalue weighted by Crippen LogP contribution is 2.18. The third-order valence-electron chi connectivity index (χ3n) is 4.30. The van der Waals surface area contributed by atoms with Crippen molar-refractivity contribution in [2.24, 2.45) is 0 Å². The summed E-state index contributed by atoms with van der Waals surface area (Å²) in [5.41, 5.74) is 4.34. The van der Waals surface area contributed by atoms with Crippen molar-refractivity contribution >= 4 is 5.91 Å². The van der Waals surface area contributed by atoms with Gasteiger partial charge in [-0.15, -0.1) is 0 Å². The zero-order valence-corrected chi connectivity index (χ0v) is 15.7. The highest BCUT2D eigenvalue weighted by Gasteiger charge is 2.07. The van der Waals surface area contributed by atoms with Gasteiger partial charge in [-0.25, -0.2) is 0 Å². The fraction of sp³-hybridized carbons (Fsp3) is 0.381. The van der Waals surface area contributed by atoms with Crippen LogP contribution in [0.2, 0.25) is 0 Å². The Hall–Kier alpha value is -2.33. The average molecular weight is 341 g/mol. The zero-order chi connectivity index (χ0) is 18.2. The second-order valence-electron chi connectivity index (χ2n) is 6.63. The maximum absolute atomic E-state index is 11.6. The van der Waals surface area contributed by atoms with E-state index < -0.39 is 0 Å². The molecule has 1 amide bonds. The van der Waals surface area contributed by atoms with Gasteiger partial charge in [0.15, 0.2) is 0 Å². The molecule has 2 aromatic rings. The molecule has 2 N–H and O–H groups in total. The molecule has 0 fully saturated rings. The topological polar surface area (TPSA) is 42.8 Å². The van der Waals surface area contributed by atoms with Crippen molar-refractivity contribution in [2.75, 3.05) is 27.2 Å². The number of hydrogen-bond donors (Lipinski definition) is 2. The first-order valence-corrected chi connectivity index (χ1v) is 8.82. The van der Waals surface area contributed by atoms with Gasteiger partial charge >= 0.3 is 0 Å². The van der Waals surface area contributed by atoms with Crippen molar-refractivity contribution in [3.05, 3.63) is 64.7 Å². The minimum Gasteiger partial charge on any atom is -0.493 e. The molecule has 0 aliphatic heterocycles. The van der Waals surface area contributed by atoms with Gasteiger partial charge in [-0.1, -0.05) is 24.3 Å². The van der Waals surface area contributed by atoms with Gasteiger partial charge in [0, 0.05) is 24.6 Å². The molecule has 0 saturated carbocycles. The summed E-state index contributed by atoms with van der Waals surface area (Å²) in [5, 5.41) is 2.64. The summed E-state index contributed by atoms with van der Waals surface area (Å²) in [4.78, 5) is 13.0. The molecule has 4 heteroatoms. The van der Waals surface area contributed by atoms with Crippen LogP contribution in [0.5, 0.6) is 5.75 Å². The Morgan fingerprint density at radius 3 is 2.52 bits per heavy atom. The van der Waals surface area contributed by atoms with Crippen LogP contribution in [0.25, 0.3) is 0 Å². The molecule has 4 nitrogen and oxygen atoms in total. The molecule has 0 saturated heterocycles. The van der Waals surface area contributed by atoms with E-state index in [0.717, 1.165) is 31.9 Å². The molecule has 0 spiro atoms. The number of rotatable bonds is 8. The van der Waals surface area contributed by atoms with Crippen LogP contribution >= 0.6 is 0 Å². The van der Waals surface area contributed by atoms with Crippen molar-refractivity contribution in [3.8, 4) is 5.75 Å². The number of carbonyl (C=O) groups excluding carboxylic acids is 1. The molecule has 2 rings (SSSR count). The Labute approximate surface area is 150 Å². The Bertz CT molecular complexity index is 696. The summed E-state index contributed by atoms with van der Waals surface area (Å²) in [6.07, 6.45) is 1.01. The third kappa shape index (κ3) is 5.91. The fourth-order valence-corrected chi connectivity index (χ4v) is 2.77. The first kappa shape index (κ1) is 19.0. The van der Waals surface area contributed by atoms with Crippen LogP contribution in [0.1, 0.15) is 33.5 Å². The van der Waals surface area contributed by atoms with Crippen molar-refractivity contribution in [2.45, 2.75) is 26.8 Å². The summed E-state index contributed by atoms with van der Waals surface area (Å²) < 4.78 is 5.91. The van der Waals surface area contributed by atoms with Crippen LogP contribution in [0, 0.1) is 13.8 Å². The molecule has 0 aliphatic rings. The summed E-state index contributed by atoms with van der Waals surface area (Å²) in [6, 6.07) is 14.1. The van der Waals surface area contributed by atoms with Crippen LogP contribution in [0.15, 0.2) is 42.5 Å². The van der Waals surface area contributed by atoms with Gasteiger partial charge in [0.25, 0.3) is 5.91 Å². The second kappa shape index (κ2) is 9.23. The molecule has 2 aromatic carbocycles. The summed E-state index contributed by atoms with van der Waals surface area (Å²) >= 11 is 0. The van der Waals surface area contributed by atoms with E-state index in [1.165, 1.54) is 21.6 Å². The van der Waals surface area contributed by atoms with Crippen molar-refractivity contribution in [1.82, 2.24) is 5.32 Å². The molecule has 25 heavy (non-hydrogen) atoms. The average Bonchev–Trinajstić information content (AvgIpc) is 2.61. The summed E-state index contributed by atoms with van der Waals surface area (Å²) in [5.74, 6) is 0.943. The van der Waals surface area contributed by atoms with Gasteiger partial charge in [-0.05, 0) is 43.2 Å². The Morgan fingerprint density at radius 1 is 1.12 bits per heavy atom. The first-order chi connectivity index (χ1) is 12.0. The number of ether oxygens (including phenoxy) is 1. The number of aryl methyl sites for hydroxylation is 2. The van der Waals surface area contributed by atoms with E-state index in [-0.39, 0.29) is 5.91 Å². The maximum Gasteiger partial charge on any atom is 0.251 e. The first-order valence-electron chi connectivity index (χ1n) is 8.82. The summed E-state index contributed by atoms with van der Waals surface area (Å²) in [7, 11) is 3.83. The van der Waals surface area contributed by atoms with E-state index in [2.05, 4.69) is 44.4 Å². The van der Waals surface area contributed by atoms with E-state index in [1.807, 2.05) is 24.3 Å². The third-order valence-corrected chi connectivity index (χ3v) is 4.30. The van der Waals surface area contributed by atoms with Gasteiger partial charge in [0.2, 0.25) is 0 Å². The molecule has 0 aliphatic carbocycles. The molecule has 1 unspecified atom stereocenters. The standard InChI is InChI=1S/C21H28N2O2/c1-16-6-7-17(2)20(14-16)25-13-5-12-23(4)15-18-8-10-19(11-9-18)21(24)22-3/h6-11,14H,5,12-13,15H2,1-4H3,(H,22,24)/p+1. The largest absolute Gasteiger partial charge is 0.493 e. The highest BCUT2D eigenvalue weighted by molar-refractivity contribution is 5.93. The molecule has 1 atom stereocenters. The van der Waals surface area contributed by atoms with E-state index >= 15 is 0 Å². The molecule has 0 bridgehead atoms. The lowest BCUT2D eigenvalue weighted by Crippen LogP contribution is -3.07. The number of nitrogens with one attached hydrogen (secondary N) is 2. The zero-order valence-electron chi connectivity index (χ0n) is 15.7. The lowest BCUT2D eigenvalue weighted by Gasteiger charge is -2.15. The van der Waals surface area contributed by atoms with Gasteiger partial charge in [0.05, 0.1) is 20.2 Å². The van der Waals surface area contributed by atoms with Gasteiger partial charge < -0.3 is 15.0 Å². The van der Waals surface area contributed by atoms with E-state index in [4.69, 9.17) is 4.74 Å². The predicted molar refractivity (Wildman–Crippen MR) is 101 cm³/mol. The molecule has 134 valence electrons. The van der Waals surface area contributed by atoms with Crippen molar-refractivity contribution < 1.29 is 14.4 Å². The second-order valence-corrected chi connectivity index (χ2v) is 6.63. The molecule has 0 aromatic heterocycles. The lowest BCUT2D eigenvalue weighted by atomic mass is 10.1. The van der Waals surface area contributed by atoms with E-state index in [0.29, 0.717) is 5.56 Å². The van der Waals surface area contributed by atoms with Crippen LogP contribution in [-0.2, 0) is 6.54 Å². The predicted octanol–water partition coefficient (Wildman–Crippen LogP) is 2.15. The molecular formula is C21H29N2O2+. The Balaban J connectivity index is 1.74. The Kier molecular flexibility index (Phi) is 7.02. The highest BCUT2D eigenvalue weighted by atomic mass is 16.5. The number of quaternary nitrogens is 1. The van der Waals surface area contributed by atoms with Crippen molar-refractivity contribution in [3.63, 3.8) is 0 Å². The smallest absolute Gasteiger partial charge is 0.251 e. The number of benzene rings is 2. The maximum atomic E-state index is 11.6. The quantitative estimate of drug-likeness (QED) is 0.723. The summed E-state index contributed by atoms with van der Waals surface area (Å²) in [6.45, 7) is 6.88. The number of carbonyl (C=O) groups is 1. The van der Waals surface area contributed by atoms with Gasteiger partial charge in [-0.2, -0.15) is 0 Å². The van der Waals surface area contributed by atoms with Crippen LogP contribution in [0.3, 0.4) is 0 Å². The minimum absolute atomic E-state index is 0.0455. The van der Waals surface area contributed by atoms with Gasteiger partial charge in [-0.3, -0.25) is 4.79 Å². The molecular weight excluding hydrogens is 312 g/mol. The molecule has 0 heterocycles. The van der Waals surface area contributed by atoms with E-state index in [9.17, 15) is 4.79 Å². The minimum atomic E-state index is -0.0455. The molecule has 0 radical (unpaired) electrons. The van der Waals surface area contributed by atoms with Gasteiger partial charge in [0.1, 0.15) is 12.3 Å². The van der Waals surface area contributed by atoms with Crippen molar-refractivity contribution in [1.29, 1.82) is 0 Å². The Morgan fingerprint density at radius 2 is 1.84 bits per heavy atom. The van der Waals surface area contributed by atoms with E-state index in [1.54, 1.807) is 7.05 Å². The monoisotopic (exact) mass is 341 g/mol. The van der Waals surface area contributed by atoms with Crippen LogP contribution in [0.4, 0.5) is 0 Å². The fourth-order valence-electron chi connectivity index (χ4n) is 2.77. The number of amides is 1. The number of hydrogen-bond acceptors (Lipinski definition) is 2.